The highest BCUT2D eigenvalue weighted by Crippen LogP contribution is 2.31. The maximum atomic E-state index is 12.6. The number of amides is 1. The summed E-state index contributed by atoms with van der Waals surface area (Å²) in [5.41, 5.74) is -0.780. The molecule has 1 aromatic carbocycles. The SMILES string of the molecule is CC(C)[C@H]1COC(C)(C)N1C(=O)CS(=O)(=O)c1ccccc1. The Balaban J connectivity index is 2.24. The first kappa shape index (κ1) is 17.0. The van der Waals surface area contributed by atoms with E-state index in [1.54, 1.807) is 36.9 Å². The predicted octanol–water partition coefficient (Wildman–Crippen LogP) is 2.08. The quantitative estimate of drug-likeness (QED) is 0.850. The molecule has 0 spiro atoms. The van der Waals surface area contributed by atoms with Crippen molar-refractivity contribution in [3.63, 3.8) is 0 Å². The van der Waals surface area contributed by atoms with E-state index in [9.17, 15) is 13.2 Å². The zero-order valence-electron chi connectivity index (χ0n) is 13.4. The Morgan fingerprint density at radius 3 is 2.45 bits per heavy atom. The Morgan fingerprint density at radius 2 is 1.91 bits per heavy atom. The summed E-state index contributed by atoms with van der Waals surface area (Å²) < 4.78 is 30.5. The molecule has 0 radical (unpaired) electrons. The van der Waals surface area contributed by atoms with Gasteiger partial charge < -0.3 is 9.64 Å². The van der Waals surface area contributed by atoms with Crippen LogP contribution in [0, 0.1) is 5.92 Å². The van der Waals surface area contributed by atoms with Crippen LogP contribution >= 0.6 is 0 Å². The van der Waals surface area contributed by atoms with Crippen LogP contribution < -0.4 is 0 Å². The van der Waals surface area contributed by atoms with Crippen LogP contribution in [0.3, 0.4) is 0 Å². The van der Waals surface area contributed by atoms with Gasteiger partial charge >= 0.3 is 0 Å². The summed E-state index contributed by atoms with van der Waals surface area (Å²) in [6.45, 7) is 8.02. The maximum Gasteiger partial charge on any atom is 0.240 e. The van der Waals surface area contributed by atoms with Gasteiger partial charge in [0, 0.05) is 0 Å². The molecule has 0 N–H and O–H groups in total. The molecule has 1 atom stereocenters. The second-order valence-corrected chi connectivity index (χ2v) is 8.39. The van der Waals surface area contributed by atoms with Gasteiger partial charge in [0.05, 0.1) is 17.5 Å². The third kappa shape index (κ3) is 3.33. The van der Waals surface area contributed by atoms with E-state index in [0.29, 0.717) is 6.61 Å². The number of nitrogens with zero attached hydrogens (tertiary/aromatic N) is 1. The van der Waals surface area contributed by atoms with Crippen molar-refractivity contribution in [2.24, 2.45) is 5.92 Å². The summed E-state index contributed by atoms with van der Waals surface area (Å²) in [6, 6.07) is 7.96. The van der Waals surface area contributed by atoms with Crippen molar-refractivity contribution in [1.82, 2.24) is 4.90 Å². The maximum absolute atomic E-state index is 12.6. The first-order valence-corrected chi connectivity index (χ1v) is 9.04. The number of rotatable bonds is 4. The van der Waals surface area contributed by atoms with Crippen LogP contribution in [0.25, 0.3) is 0 Å². The molecule has 0 saturated carbocycles. The Hall–Kier alpha value is -1.40. The first-order chi connectivity index (χ1) is 10.1. The molecule has 0 unspecified atom stereocenters. The zero-order valence-corrected chi connectivity index (χ0v) is 14.3. The minimum absolute atomic E-state index is 0.103. The monoisotopic (exact) mass is 325 g/mol. The minimum Gasteiger partial charge on any atom is -0.354 e. The highest BCUT2D eigenvalue weighted by atomic mass is 32.2. The molecule has 2 rings (SSSR count). The van der Waals surface area contributed by atoms with Gasteiger partial charge in [-0.05, 0) is 31.9 Å². The van der Waals surface area contributed by atoms with E-state index < -0.39 is 27.2 Å². The third-order valence-corrected chi connectivity index (χ3v) is 5.59. The summed E-state index contributed by atoms with van der Waals surface area (Å²) in [5.74, 6) is -0.747. The number of sulfone groups is 1. The van der Waals surface area contributed by atoms with Gasteiger partial charge in [0.15, 0.2) is 9.84 Å². The molecule has 22 heavy (non-hydrogen) atoms. The fourth-order valence-corrected chi connectivity index (χ4v) is 3.95. The summed E-state index contributed by atoms with van der Waals surface area (Å²) in [6.07, 6.45) is 0. The molecule has 1 aromatic rings. The van der Waals surface area contributed by atoms with Crippen LogP contribution in [0.2, 0.25) is 0 Å². The molecule has 6 heteroatoms. The zero-order chi connectivity index (χ0) is 16.5. The average Bonchev–Trinajstić information content (AvgIpc) is 2.75. The van der Waals surface area contributed by atoms with Crippen LogP contribution in [0.15, 0.2) is 35.2 Å². The van der Waals surface area contributed by atoms with Gasteiger partial charge in [-0.3, -0.25) is 4.79 Å². The molecule has 1 saturated heterocycles. The van der Waals surface area contributed by atoms with Crippen molar-refractivity contribution in [1.29, 1.82) is 0 Å². The topological polar surface area (TPSA) is 63.7 Å². The molecule has 1 aliphatic heterocycles. The molecule has 5 nitrogen and oxygen atoms in total. The number of hydrogen-bond donors (Lipinski definition) is 0. The van der Waals surface area contributed by atoms with Crippen molar-refractivity contribution >= 4 is 15.7 Å². The Morgan fingerprint density at radius 1 is 1.32 bits per heavy atom. The fraction of sp³-hybridized carbons (Fsp3) is 0.562. The lowest BCUT2D eigenvalue weighted by molar-refractivity contribution is -0.144. The van der Waals surface area contributed by atoms with Crippen molar-refractivity contribution in [3.8, 4) is 0 Å². The molecule has 1 fully saturated rings. The molecule has 0 aromatic heterocycles. The lowest BCUT2D eigenvalue weighted by atomic mass is 10.0. The largest absolute Gasteiger partial charge is 0.354 e. The molecular weight excluding hydrogens is 302 g/mol. The fourth-order valence-electron chi connectivity index (χ4n) is 2.75. The van der Waals surface area contributed by atoms with Crippen LogP contribution in [0.4, 0.5) is 0 Å². The van der Waals surface area contributed by atoms with Gasteiger partial charge in [0.25, 0.3) is 0 Å². The highest BCUT2D eigenvalue weighted by molar-refractivity contribution is 7.92. The van der Waals surface area contributed by atoms with E-state index in [0.717, 1.165) is 0 Å². The lowest BCUT2D eigenvalue weighted by Crippen LogP contribution is -2.51. The molecule has 1 aliphatic rings. The summed E-state index contributed by atoms with van der Waals surface area (Å²) in [7, 11) is -3.64. The van der Waals surface area contributed by atoms with Gasteiger partial charge in [-0.1, -0.05) is 32.0 Å². The number of ether oxygens (including phenoxy) is 1. The van der Waals surface area contributed by atoms with Crippen LogP contribution in [-0.4, -0.2) is 43.4 Å². The number of hydrogen-bond acceptors (Lipinski definition) is 4. The number of benzene rings is 1. The van der Waals surface area contributed by atoms with E-state index in [1.807, 2.05) is 13.8 Å². The van der Waals surface area contributed by atoms with Crippen molar-refractivity contribution in [2.75, 3.05) is 12.4 Å². The lowest BCUT2D eigenvalue weighted by Gasteiger charge is -2.35. The van der Waals surface area contributed by atoms with E-state index in [-0.39, 0.29) is 16.9 Å². The molecule has 122 valence electrons. The molecule has 1 heterocycles. The van der Waals surface area contributed by atoms with Gasteiger partial charge in [-0.15, -0.1) is 0 Å². The smallest absolute Gasteiger partial charge is 0.240 e. The molecule has 0 bridgehead atoms. The van der Waals surface area contributed by atoms with Crippen molar-refractivity contribution in [2.45, 2.75) is 44.4 Å². The van der Waals surface area contributed by atoms with Crippen LogP contribution in [0.1, 0.15) is 27.7 Å². The number of carbonyl (C=O) groups is 1. The summed E-state index contributed by atoms with van der Waals surface area (Å²) in [4.78, 5) is 14.4. The molecular formula is C16H23NO4S. The predicted molar refractivity (Wildman–Crippen MR) is 84.0 cm³/mol. The first-order valence-electron chi connectivity index (χ1n) is 7.39. The molecule has 1 amide bonds. The Kier molecular flexibility index (Phi) is 4.63. The van der Waals surface area contributed by atoms with Gasteiger partial charge in [0.2, 0.25) is 5.91 Å². The van der Waals surface area contributed by atoms with Gasteiger partial charge in [-0.25, -0.2) is 8.42 Å². The van der Waals surface area contributed by atoms with Crippen LogP contribution in [0.5, 0.6) is 0 Å². The average molecular weight is 325 g/mol. The van der Waals surface area contributed by atoms with E-state index in [1.165, 1.54) is 12.1 Å². The van der Waals surface area contributed by atoms with Crippen molar-refractivity contribution < 1.29 is 17.9 Å². The standard InChI is InChI=1S/C16H23NO4S/c1-12(2)14-10-21-16(3,4)17(14)15(18)11-22(19,20)13-8-6-5-7-9-13/h5-9,12,14H,10-11H2,1-4H3/t14-/m1/s1. The van der Waals surface area contributed by atoms with Gasteiger partial charge in [-0.2, -0.15) is 0 Å². The summed E-state index contributed by atoms with van der Waals surface area (Å²) >= 11 is 0. The van der Waals surface area contributed by atoms with Gasteiger partial charge in [0.1, 0.15) is 11.5 Å². The van der Waals surface area contributed by atoms with E-state index >= 15 is 0 Å². The van der Waals surface area contributed by atoms with E-state index in [2.05, 4.69) is 0 Å². The Bertz CT molecular complexity index is 637. The van der Waals surface area contributed by atoms with Crippen molar-refractivity contribution in [3.05, 3.63) is 30.3 Å². The van der Waals surface area contributed by atoms with E-state index in [4.69, 9.17) is 4.74 Å². The molecule has 0 aliphatic carbocycles. The second kappa shape index (κ2) is 6.01. The highest BCUT2D eigenvalue weighted by Gasteiger charge is 2.45. The summed E-state index contributed by atoms with van der Waals surface area (Å²) in [5, 5.41) is 0. The normalized spacial score (nSPS) is 21.3. The minimum atomic E-state index is -3.64. The number of carbonyl (C=O) groups excluding carboxylic acids is 1. The second-order valence-electron chi connectivity index (χ2n) is 6.40. The Labute approximate surface area is 132 Å². The third-order valence-electron chi connectivity index (χ3n) is 3.97. The van der Waals surface area contributed by atoms with Crippen LogP contribution in [-0.2, 0) is 19.4 Å².